The number of aliphatic hydroxyl groups excluding tert-OH is 1. The van der Waals surface area contributed by atoms with Crippen LogP contribution in [0, 0.1) is 5.82 Å². The zero-order valence-electron chi connectivity index (χ0n) is 22.8. The SMILES string of the molecule is CCCCCCCCCCCCOC[C@@]12O[C@@H](CNC(=O)Cc3ccc(F)cc3)[C@@H](O)[C@@H]1OC(C)(C)O2. The van der Waals surface area contributed by atoms with Crippen LogP contribution >= 0.6 is 0 Å². The molecule has 1 amide bonds. The van der Waals surface area contributed by atoms with Crippen LogP contribution in [-0.4, -0.2) is 60.7 Å². The fourth-order valence-corrected chi connectivity index (χ4v) is 5.11. The summed E-state index contributed by atoms with van der Waals surface area (Å²) in [5, 5.41) is 13.7. The highest BCUT2D eigenvalue weighted by atomic mass is 19.1. The number of carbonyl (C=O) groups is 1. The summed E-state index contributed by atoms with van der Waals surface area (Å²) in [6.45, 7) is 6.65. The molecule has 0 aliphatic carbocycles. The van der Waals surface area contributed by atoms with E-state index in [1.807, 2.05) is 0 Å². The van der Waals surface area contributed by atoms with Crippen LogP contribution in [-0.2, 0) is 30.2 Å². The van der Waals surface area contributed by atoms with Gasteiger partial charge in [0.2, 0.25) is 11.7 Å². The van der Waals surface area contributed by atoms with Crippen LogP contribution < -0.4 is 5.32 Å². The van der Waals surface area contributed by atoms with Gasteiger partial charge in [0, 0.05) is 13.2 Å². The molecule has 7 nitrogen and oxygen atoms in total. The Bertz CT molecular complexity index is 819. The highest BCUT2D eigenvalue weighted by Gasteiger charge is 2.64. The predicted octanol–water partition coefficient (Wildman–Crippen LogP) is 5.03. The Hall–Kier alpha value is -1.58. The molecule has 0 aromatic heterocycles. The van der Waals surface area contributed by atoms with E-state index < -0.39 is 29.9 Å². The van der Waals surface area contributed by atoms with E-state index in [2.05, 4.69) is 12.2 Å². The second-order valence-corrected chi connectivity index (χ2v) is 10.8. The minimum Gasteiger partial charge on any atom is -0.387 e. The van der Waals surface area contributed by atoms with Crippen LogP contribution in [0.5, 0.6) is 0 Å². The topological polar surface area (TPSA) is 86.3 Å². The van der Waals surface area contributed by atoms with Crippen molar-refractivity contribution >= 4 is 5.91 Å². The summed E-state index contributed by atoms with van der Waals surface area (Å²) in [6, 6.07) is 5.79. The zero-order chi connectivity index (χ0) is 26.7. The predicted molar refractivity (Wildman–Crippen MR) is 139 cm³/mol. The average Bonchev–Trinajstić information content (AvgIpc) is 3.26. The van der Waals surface area contributed by atoms with Gasteiger partial charge in [0.05, 0.1) is 6.42 Å². The molecule has 0 radical (unpaired) electrons. The molecule has 2 fully saturated rings. The number of nitrogens with one attached hydrogen (secondary N) is 1. The summed E-state index contributed by atoms with van der Waals surface area (Å²) >= 11 is 0. The van der Waals surface area contributed by atoms with E-state index in [1.165, 1.54) is 63.5 Å². The molecule has 2 N–H and O–H groups in total. The van der Waals surface area contributed by atoms with Gasteiger partial charge in [-0.3, -0.25) is 4.79 Å². The molecule has 2 heterocycles. The molecule has 0 bridgehead atoms. The number of hydrogen-bond acceptors (Lipinski definition) is 6. The third-order valence-electron chi connectivity index (χ3n) is 7.03. The average molecular weight is 524 g/mol. The minimum atomic E-state index is -1.21. The van der Waals surface area contributed by atoms with Crippen LogP contribution in [0.15, 0.2) is 24.3 Å². The van der Waals surface area contributed by atoms with E-state index in [4.69, 9.17) is 18.9 Å². The van der Waals surface area contributed by atoms with Crippen LogP contribution in [0.1, 0.15) is 90.5 Å². The maximum atomic E-state index is 13.1. The number of hydrogen-bond donors (Lipinski definition) is 2. The largest absolute Gasteiger partial charge is 0.387 e. The lowest BCUT2D eigenvalue weighted by molar-refractivity contribution is -0.277. The van der Waals surface area contributed by atoms with Crippen molar-refractivity contribution in [1.82, 2.24) is 5.32 Å². The van der Waals surface area contributed by atoms with Crippen molar-refractivity contribution in [3.05, 3.63) is 35.6 Å². The Morgan fingerprint density at radius 3 is 2.27 bits per heavy atom. The highest BCUT2D eigenvalue weighted by molar-refractivity contribution is 5.78. The van der Waals surface area contributed by atoms with E-state index in [0.717, 1.165) is 12.8 Å². The molecule has 1 aromatic rings. The summed E-state index contributed by atoms with van der Waals surface area (Å²) < 4.78 is 37.2. The standard InChI is InChI=1S/C29H46FNO6/c1-4-5-6-7-8-9-10-11-12-13-18-34-21-29-27(36-28(2,3)37-29)26(33)24(35-29)20-31-25(32)19-22-14-16-23(30)17-15-22/h14-17,24,26-27,33H,4-13,18-21H2,1-3H3,(H,31,32)/t24-,26+,27-,29-/m0/s1. The third kappa shape index (κ3) is 9.29. The Labute approximate surface area is 221 Å². The van der Waals surface area contributed by atoms with Crippen LogP contribution in [0.4, 0.5) is 4.39 Å². The third-order valence-corrected chi connectivity index (χ3v) is 7.03. The molecule has 0 unspecified atom stereocenters. The first-order valence-corrected chi connectivity index (χ1v) is 14.1. The Morgan fingerprint density at radius 2 is 1.62 bits per heavy atom. The second-order valence-electron chi connectivity index (χ2n) is 10.8. The molecule has 0 spiro atoms. The number of unbranched alkanes of at least 4 members (excludes halogenated alkanes) is 9. The summed E-state index contributed by atoms with van der Waals surface area (Å²) in [6.07, 6.45) is 10.3. The van der Waals surface area contributed by atoms with Gasteiger partial charge >= 0.3 is 0 Å². The molecule has 1 aromatic carbocycles. The van der Waals surface area contributed by atoms with E-state index in [1.54, 1.807) is 26.0 Å². The Morgan fingerprint density at radius 1 is 1.00 bits per heavy atom. The molecule has 210 valence electrons. The molecule has 37 heavy (non-hydrogen) atoms. The fraction of sp³-hybridized carbons (Fsp3) is 0.759. The van der Waals surface area contributed by atoms with Gasteiger partial charge in [-0.15, -0.1) is 0 Å². The van der Waals surface area contributed by atoms with Crippen molar-refractivity contribution in [2.45, 2.75) is 121 Å². The molecule has 8 heteroatoms. The fourth-order valence-electron chi connectivity index (χ4n) is 5.11. The Kier molecular flexibility index (Phi) is 11.8. The smallest absolute Gasteiger partial charge is 0.224 e. The van der Waals surface area contributed by atoms with Crippen molar-refractivity contribution in [1.29, 1.82) is 0 Å². The highest BCUT2D eigenvalue weighted by Crippen LogP contribution is 2.45. The summed E-state index contributed by atoms with van der Waals surface area (Å²) in [5.74, 6) is -2.72. The number of rotatable bonds is 17. The van der Waals surface area contributed by atoms with Gasteiger partial charge in [-0.2, -0.15) is 0 Å². The van der Waals surface area contributed by atoms with Gasteiger partial charge in [-0.05, 0) is 38.0 Å². The van der Waals surface area contributed by atoms with Gasteiger partial charge < -0.3 is 29.4 Å². The lowest BCUT2D eigenvalue weighted by Crippen LogP contribution is -2.45. The normalized spacial score (nSPS) is 26.4. The first kappa shape index (κ1) is 30.0. The quantitative estimate of drug-likeness (QED) is 0.279. The molecule has 2 aliphatic heterocycles. The van der Waals surface area contributed by atoms with Gasteiger partial charge in [0.15, 0.2) is 5.79 Å². The summed E-state index contributed by atoms with van der Waals surface area (Å²) in [5.41, 5.74) is 0.703. The number of benzene rings is 1. The lowest BCUT2D eigenvalue weighted by Gasteiger charge is -2.28. The van der Waals surface area contributed by atoms with Gasteiger partial charge in [-0.1, -0.05) is 76.8 Å². The zero-order valence-corrected chi connectivity index (χ0v) is 22.8. The number of carbonyl (C=O) groups excluding carboxylic acids is 1. The number of fused-ring (bicyclic) bond motifs is 1. The van der Waals surface area contributed by atoms with E-state index in [-0.39, 0.29) is 31.3 Å². The minimum absolute atomic E-state index is 0.102. The van der Waals surface area contributed by atoms with Crippen molar-refractivity contribution in [2.75, 3.05) is 19.8 Å². The number of amides is 1. The molecule has 2 saturated heterocycles. The Balaban J connectivity index is 1.37. The number of aliphatic hydroxyl groups is 1. The van der Waals surface area contributed by atoms with Crippen LogP contribution in [0.25, 0.3) is 0 Å². The van der Waals surface area contributed by atoms with E-state index in [9.17, 15) is 14.3 Å². The first-order chi connectivity index (χ1) is 17.7. The van der Waals surface area contributed by atoms with E-state index in [0.29, 0.717) is 12.2 Å². The maximum absolute atomic E-state index is 13.1. The van der Waals surface area contributed by atoms with Gasteiger partial charge in [0.25, 0.3) is 0 Å². The monoisotopic (exact) mass is 523 g/mol. The van der Waals surface area contributed by atoms with E-state index >= 15 is 0 Å². The molecule has 2 aliphatic rings. The molecular weight excluding hydrogens is 477 g/mol. The van der Waals surface area contributed by atoms with Gasteiger partial charge in [0.1, 0.15) is 30.7 Å². The van der Waals surface area contributed by atoms with Crippen molar-refractivity contribution < 1.29 is 33.2 Å². The first-order valence-electron chi connectivity index (χ1n) is 14.1. The second kappa shape index (κ2) is 14.5. The van der Waals surface area contributed by atoms with Crippen LogP contribution in [0.3, 0.4) is 0 Å². The number of ether oxygens (including phenoxy) is 4. The van der Waals surface area contributed by atoms with Crippen molar-refractivity contribution in [2.24, 2.45) is 0 Å². The molecule has 4 atom stereocenters. The van der Waals surface area contributed by atoms with Crippen LogP contribution in [0.2, 0.25) is 0 Å². The molecule has 3 rings (SSSR count). The van der Waals surface area contributed by atoms with Crippen molar-refractivity contribution in [3.63, 3.8) is 0 Å². The molecule has 0 saturated carbocycles. The maximum Gasteiger partial charge on any atom is 0.224 e. The number of halogens is 1. The van der Waals surface area contributed by atoms with Crippen molar-refractivity contribution in [3.8, 4) is 0 Å². The summed E-state index contributed by atoms with van der Waals surface area (Å²) in [4.78, 5) is 12.4. The lowest BCUT2D eigenvalue weighted by atomic mass is 10.1. The van der Waals surface area contributed by atoms with Gasteiger partial charge in [-0.25, -0.2) is 4.39 Å². The summed E-state index contributed by atoms with van der Waals surface area (Å²) in [7, 11) is 0. The molecular formula is C29H46FNO6.